The summed E-state index contributed by atoms with van der Waals surface area (Å²) in [5, 5.41) is 4.26. The predicted octanol–water partition coefficient (Wildman–Crippen LogP) is 5.93. The summed E-state index contributed by atoms with van der Waals surface area (Å²) in [4.78, 5) is 6.91. The third-order valence-corrected chi connectivity index (χ3v) is 6.78. The van der Waals surface area contributed by atoms with E-state index in [1.54, 1.807) is 7.11 Å². The molecule has 1 N–H and O–H groups in total. The normalized spacial score (nSPS) is 17.6. The van der Waals surface area contributed by atoms with Gasteiger partial charge in [-0.1, -0.05) is 25.1 Å². The molecule has 1 fully saturated rings. The Morgan fingerprint density at radius 3 is 2.32 bits per heavy atom. The molecule has 2 aromatic carbocycles. The summed E-state index contributed by atoms with van der Waals surface area (Å²) in [5.74, 6) is 0.836. The highest BCUT2D eigenvalue weighted by atomic mass is 32.1. The minimum absolute atomic E-state index is 0.0781. The van der Waals surface area contributed by atoms with Crippen LogP contribution in [0.25, 0.3) is 5.69 Å². The summed E-state index contributed by atoms with van der Waals surface area (Å²) < 4.78 is 7.67. The van der Waals surface area contributed by atoms with Gasteiger partial charge in [0.2, 0.25) is 0 Å². The number of aromatic nitrogens is 2. The van der Waals surface area contributed by atoms with Crippen molar-refractivity contribution in [2.45, 2.75) is 32.4 Å². The lowest BCUT2D eigenvalue weighted by molar-refractivity contribution is 0.414. The number of rotatable bonds is 6. The molecule has 5 rings (SSSR count). The van der Waals surface area contributed by atoms with Crippen LogP contribution in [0.15, 0.2) is 85.1 Å². The molecule has 5 nitrogen and oxygen atoms in total. The number of hydrogen-bond donors (Lipinski definition) is 1. The second kappa shape index (κ2) is 9.31. The molecule has 0 unspecified atom stereocenters. The molecule has 0 saturated carbocycles. The zero-order valence-corrected chi connectivity index (χ0v) is 20.4. The molecule has 0 spiro atoms. The predicted molar refractivity (Wildman–Crippen MR) is 141 cm³/mol. The maximum Gasteiger partial charge on any atom is 0.174 e. The van der Waals surface area contributed by atoms with Crippen LogP contribution in [0.3, 0.4) is 0 Å². The molecule has 34 heavy (non-hydrogen) atoms. The van der Waals surface area contributed by atoms with Crippen LogP contribution < -0.4 is 15.0 Å². The second-order valence-corrected chi connectivity index (χ2v) is 8.84. The van der Waals surface area contributed by atoms with Crippen molar-refractivity contribution < 1.29 is 4.74 Å². The van der Waals surface area contributed by atoms with Crippen molar-refractivity contribution in [3.8, 4) is 11.4 Å². The van der Waals surface area contributed by atoms with Crippen LogP contribution in [0.4, 0.5) is 5.69 Å². The number of aryl methyl sites for hydroxylation is 2. The quantitative estimate of drug-likeness (QED) is 0.355. The first-order valence-electron chi connectivity index (χ1n) is 11.5. The van der Waals surface area contributed by atoms with Crippen LogP contribution in [-0.2, 0) is 6.42 Å². The van der Waals surface area contributed by atoms with Gasteiger partial charge in [0.1, 0.15) is 11.8 Å². The van der Waals surface area contributed by atoms with E-state index in [2.05, 4.69) is 88.2 Å². The molecule has 4 aromatic rings. The largest absolute Gasteiger partial charge is 0.497 e. The first kappa shape index (κ1) is 22.2. The van der Waals surface area contributed by atoms with Gasteiger partial charge in [-0.25, -0.2) is 0 Å². The van der Waals surface area contributed by atoms with Gasteiger partial charge in [-0.15, -0.1) is 0 Å². The Labute approximate surface area is 206 Å². The Morgan fingerprint density at radius 2 is 1.68 bits per heavy atom. The van der Waals surface area contributed by atoms with Crippen LogP contribution >= 0.6 is 12.2 Å². The number of pyridine rings is 1. The van der Waals surface area contributed by atoms with Gasteiger partial charge in [0.15, 0.2) is 5.11 Å². The highest BCUT2D eigenvalue weighted by molar-refractivity contribution is 7.80. The Morgan fingerprint density at radius 1 is 0.941 bits per heavy atom. The van der Waals surface area contributed by atoms with E-state index in [0.717, 1.165) is 40.6 Å². The third kappa shape index (κ3) is 3.94. The first-order valence-corrected chi connectivity index (χ1v) is 11.9. The minimum atomic E-state index is -0.0918. The molecule has 1 aliphatic heterocycles. The van der Waals surface area contributed by atoms with Gasteiger partial charge in [-0.3, -0.25) is 4.98 Å². The van der Waals surface area contributed by atoms with Gasteiger partial charge in [0.05, 0.1) is 18.8 Å². The van der Waals surface area contributed by atoms with E-state index in [1.165, 1.54) is 5.56 Å². The van der Waals surface area contributed by atoms with Crippen LogP contribution in [0.1, 0.15) is 41.7 Å². The summed E-state index contributed by atoms with van der Waals surface area (Å²) >= 11 is 5.90. The average molecular weight is 469 g/mol. The summed E-state index contributed by atoms with van der Waals surface area (Å²) in [5.41, 5.74) is 6.71. The number of nitrogens with zero attached hydrogens (tertiary/aromatic N) is 3. The first-order chi connectivity index (χ1) is 16.6. The van der Waals surface area contributed by atoms with Gasteiger partial charge >= 0.3 is 0 Å². The van der Waals surface area contributed by atoms with Gasteiger partial charge in [-0.05, 0) is 91.8 Å². The van der Waals surface area contributed by atoms with E-state index in [1.807, 2.05) is 30.5 Å². The SMILES string of the molecule is CCc1ccc(N2C(=S)N[C@@H](c3ccccn3)[C@@H]2c2ccc(C)n2-c2ccc(OC)cc2)cc1. The zero-order chi connectivity index (χ0) is 23.7. The molecule has 1 saturated heterocycles. The van der Waals surface area contributed by atoms with Crippen LogP contribution in [-0.4, -0.2) is 21.8 Å². The van der Waals surface area contributed by atoms with Gasteiger partial charge in [0, 0.05) is 29.0 Å². The molecule has 3 heterocycles. The fraction of sp³-hybridized carbons (Fsp3) is 0.214. The monoisotopic (exact) mass is 468 g/mol. The molecule has 2 atom stereocenters. The third-order valence-electron chi connectivity index (χ3n) is 6.46. The molecule has 0 amide bonds. The van der Waals surface area contributed by atoms with E-state index in [0.29, 0.717) is 5.11 Å². The Bertz CT molecular complexity index is 1280. The van der Waals surface area contributed by atoms with Crippen molar-refractivity contribution in [2.75, 3.05) is 12.0 Å². The number of methoxy groups -OCH3 is 1. The number of anilines is 1. The highest BCUT2D eigenvalue weighted by Crippen LogP contribution is 2.42. The van der Waals surface area contributed by atoms with E-state index >= 15 is 0 Å². The Kier molecular flexibility index (Phi) is 6.07. The molecule has 1 aliphatic rings. The topological polar surface area (TPSA) is 42.3 Å². The summed E-state index contributed by atoms with van der Waals surface area (Å²) in [6, 6.07) is 27.1. The van der Waals surface area contributed by atoms with Crippen LogP contribution in [0.2, 0.25) is 0 Å². The van der Waals surface area contributed by atoms with Crippen LogP contribution in [0, 0.1) is 6.92 Å². The van der Waals surface area contributed by atoms with E-state index in [4.69, 9.17) is 17.0 Å². The molecule has 6 heteroatoms. The maximum absolute atomic E-state index is 5.90. The number of benzene rings is 2. The Balaban J connectivity index is 1.66. The molecular formula is C28H28N4OS. The number of ether oxygens (including phenoxy) is 1. The minimum Gasteiger partial charge on any atom is -0.497 e. The standard InChI is InChI=1S/C28H28N4OS/c1-4-20-9-11-22(12-10-20)32-27(26(30-28(32)34)24-7-5-6-18-29-24)25-17-8-19(2)31(25)21-13-15-23(33-3)16-14-21/h5-18,26-27H,4H2,1-3H3,(H,30,34)/t26-,27-/m0/s1. The molecule has 172 valence electrons. The average Bonchev–Trinajstić information content (AvgIpc) is 3.44. The number of hydrogen-bond acceptors (Lipinski definition) is 3. The molecule has 0 bridgehead atoms. The second-order valence-electron chi connectivity index (χ2n) is 8.45. The smallest absolute Gasteiger partial charge is 0.174 e. The molecule has 0 aliphatic carbocycles. The van der Waals surface area contributed by atoms with E-state index in [9.17, 15) is 0 Å². The lowest BCUT2D eigenvalue weighted by Crippen LogP contribution is -2.30. The maximum atomic E-state index is 5.90. The van der Waals surface area contributed by atoms with Crippen molar-refractivity contribution >= 4 is 23.0 Å². The van der Waals surface area contributed by atoms with Crippen LogP contribution in [0.5, 0.6) is 5.75 Å². The zero-order valence-electron chi connectivity index (χ0n) is 19.6. The van der Waals surface area contributed by atoms with E-state index < -0.39 is 0 Å². The van der Waals surface area contributed by atoms with Crippen molar-refractivity contribution in [1.82, 2.24) is 14.9 Å². The summed E-state index contributed by atoms with van der Waals surface area (Å²) in [6.07, 6.45) is 2.84. The Hall–Kier alpha value is -3.64. The van der Waals surface area contributed by atoms with Crippen molar-refractivity contribution in [2.24, 2.45) is 0 Å². The van der Waals surface area contributed by atoms with Gasteiger partial charge in [-0.2, -0.15) is 0 Å². The number of nitrogens with one attached hydrogen (secondary N) is 1. The lowest BCUT2D eigenvalue weighted by atomic mass is 10.0. The summed E-state index contributed by atoms with van der Waals surface area (Å²) in [7, 11) is 1.69. The van der Waals surface area contributed by atoms with Gasteiger partial charge < -0.3 is 19.5 Å². The van der Waals surface area contributed by atoms with Gasteiger partial charge in [0.25, 0.3) is 0 Å². The van der Waals surface area contributed by atoms with Crippen molar-refractivity contribution in [3.05, 3.63) is 108 Å². The fourth-order valence-corrected chi connectivity index (χ4v) is 5.05. The van der Waals surface area contributed by atoms with Crippen molar-refractivity contribution in [1.29, 1.82) is 0 Å². The highest BCUT2D eigenvalue weighted by Gasteiger charge is 2.42. The molecule has 2 aromatic heterocycles. The fourth-order valence-electron chi connectivity index (χ4n) is 4.70. The molecular weight excluding hydrogens is 440 g/mol. The van der Waals surface area contributed by atoms with Crippen molar-refractivity contribution in [3.63, 3.8) is 0 Å². The van der Waals surface area contributed by atoms with E-state index in [-0.39, 0.29) is 12.1 Å². The molecule has 0 radical (unpaired) electrons. The lowest BCUT2D eigenvalue weighted by Gasteiger charge is -2.29. The number of thiocarbonyl (C=S) groups is 1. The summed E-state index contributed by atoms with van der Waals surface area (Å²) in [6.45, 7) is 4.30.